The standard InChI is InChI=1S/C25H58N6O2/c1-3-4-5-6-7-8-9-10-11-25(33)23-31-21-19-29-17-15-27-13-12-26-14-16-28-18-20-30-22-24(2)32/h24-33H,3-23H2,1-2H3. The Morgan fingerprint density at radius 1 is 0.485 bits per heavy atom. The molecule has 0 spiro atoms. The van der Waals surface area contributed by atoms with Crippen LogP contribution in [0.3, 0.4) is 0 Å². The fourth-order valence-electron chi connectivity index (χ4n) is 3.58. The lowest BCUT2D eigenvalue weighted by Gasteiger charge is -2.12. The van der Waals surface area contributed by atoms with Gasteiger partial charge in [-0.2, -0.15) is 0 Å². The lowest BCUT2D eigenvalue weighted by Crippen LogP contribution is -2.38. The van der Waals surface area contributed by atoms with Crippen molar-refractivity contribution in [3.8, 4) is 0 Å². The SMILES string of the molecule is CCCCCCCCCCC(O)CNCCNCCNCCNCCNCCNCC(C)O. The molecule has 0 aliphatic carbocycles. The fourth-order valence-corrected chi connectivity index (χ4v) is 3.58. The number of nitrogens with one attached hydrogen (secondary N) is 6. The first kappa shape index (κ1) is 32.7. The van der Waals surface area contributed by atoms with E-state index in [-0.39, 0.29) is 12.2 Å². The minimum Gasteiger partial charge on any atom is -0.392 e. The van der Waals surface area contributed by atoms with Crippen molar-refractivity contribution >= 4 is 0 Å². The first-order valence-corrected chi connectivity index (χ1v) is 13.8. The summed E-state index contributed by atoms with van der Waals surface area (Å²) >= 11 is 0. The average Bonchev–Trinajstić information content (AvgIpc) is 2.79. The minimum atomic E-state index is -0.278. The summed E-state index contributed by atoms with van der Waals surface area (Å²) < 4.78 is 0. The highest BCUT2D eigenvalue weighted by Crippen LogP contribution is 2.10. The molecular formula is C25H58N6O2. The van der Waals surface area contributed by atoms with E-state index in [2.05, 4.69) is 38.8 Å². The van der Waals surface area contributed by atoms with Crippen molar-refractivity contribution in [2.75, 3.05) is 78.5 Å². The Morgan fingerprint density at radius 2 is 0.848 bits per heavy atom. The molecule has 8 heteroatoms. The Bertz CT molecular complexity index is 364. The maximum absolute atomic E-state index is 10.1. The highest BCUT2D eigenvalue weighted by atomic mass is 16.3. The third-order valence-corrected chi connectivity index (χ3v) is 5.60. The molecule has 0 aliphatic heterocycles. The molecule has 2 atom stereocenters. The van der Waals surface area contributed by atoms with Crippen molar-refractivity contribution in [3.63, 3.8) is 0 Å². The van der Waals surface area contributed by atoms with Crippen LogP contribution in [0.2, 0.25) is 0 Å². The lowest BCUT2D eigenvalue weighted by molar-refractivity contribution is 0.158. The Morgan fingerprint density at radius 3 is 1.27 bits per heavy atom. The third-order valence-electron chi connectivity index (χ3n) is 5.60. The van der Waals surface area contributed by atoms with Gasteiger partial charge >= 0.3 is 0 Å². The minimum absolute atomic E-state index is 0.207. The second kappa shape index (κ2) is 27.9. The molecule has 8 nitrogen and oxygen atoms in total. The number of rotatable bonds is 28. The average molecular weight is 475 g/mol. The van der Waals surface area contributed by atoms with Crippen molar-refractivity contribution in [1.29, 1.82) is 0 Å². The fraction of sp³-hybridized carbons (Fsp3) is 1.00. The van der Waals surface area contributed by atoms with E-state index >= 15 is 0 Å². The number of aliphatic hydroxyl groups excluding tert-OH is 2. The predicted octanol–water partition coefficient (Wildman–Crippen LogP) is 0.797. The van der Waals surface area contributed by atoms with Gasteiger partial charge in [0.1, 0.15) is 0 Å². The molecule has 0 radical (unpaired) electrons. The molecule has 0 aliphatic rings. The zero-order chi connectivity index (χ0) is 24.2. The van der Waals surface area contributed by atoms with Gasteiger partial charge in [0.15, 0.2) is 0 Å². The van der Waals surface area contributed by atoms with Gasteiger partial charge in [0.25, 0.3) is 0 Å². The van der Waals surface area contributed by atoms with Crippen LogP contribution in [0.5, 0.6) is 0 Å². The van der Waals surface area contributed by atoms with Gasteiger partial charge in [-0.15, -0.1) is 0 Å². The molecule has 0 fully saturated rings. The molecule has 200 valence electrons. The van der Waals surface area contributed by atoms with Crippen LogP contribution in [0.15, 0.2) is 0 Å². The molecule has 0 aromatic heterocycles. The molecule has 0 bridgehead atoms. The summed E-state index contributed by atoms with van der Waals surface area (Å²) in [4.78, 5) is 0. The van der Waals surface area contributed by atoms with Crippen molar-refractivity contribution in [2.45, 2.75) is 83.8 Å². The molecule has 0 rings (SSSR count). The van der Waals surface area contributed by atoms with Gasteiger partial charge in [-0.25, -0.2) is 0 Å². The molecule has 0 heterocycles. The zero-order valence-electron chi connectivity index (χ0n) is 21.9. The second-order valence-electron chi connectivity index (χ2n) is 9.17. The van der Waals surface area contributed by atoms with E-state index in [1.54, 1.807) is 6.92 Å². The Balaban J connectivity index is 3.12. The van der Waals surface area contributed by atoms with E-state index in [0.717, 1.165) is 78.3 Å². The highest BCUT2D eigenvalue weighted by molar-refractivity contribution is 4.62. The van der Waals surface area contributed by atoms with Crippen molar-refractivity contribution in [2.24, 2.45) is 0 Å². The number of hydrogen-bond acceptors (Lipinski definition) is 8. The van der Waals surface area contributed by atoms with Crippen LogP contribution in [-0.2, 0) is 0 Å². The van der Waals surface area contributed by atoms with Crippen LogP contribution in [-0.4, -0.2) is 101 Å². The second-order valence-corrected chi connectivity index (χ2v) is 9.17. The smallest absolute Gasteiger partial charge is 0.0664 e. The van der Waals surface area contributed by atoms with Crippen LogP contribution >= 0.6 is 0 Å². The van der Waals surface area contributed by atoms with Gasteiger partial charge in [-0.3, -0.25) is 0 Å². The molecule has 2 unspecified atom stereocenters. The maximum Gasteiger partial charge on any atom is 0.0664 e. The van der Waals surface area contributed by atoms with Gasteiger partial charge in [-0.05, 0) is 13.3 Å². The number of aliphatic hydroxyl groups is 2. The topological polar surface area (TPSA) is 113 Å². The summed E-state index contributed by atoms with van der Waals surface area (Å²) in [6.07, 6.45) is 11.0. The molecule has 0 saturated heterocycles. The summed E-state index contributed by atoms with van der Waals surface area (Å²) in [6, 6.07) is 0. The summed E-state index contributed by atoms with van der Waals surface area (Å²) in [7, 11) is 0. The van der Waals surface area contributed by atoms with E-state index in [9.17, 15) is 5.11 Å². The molecular weight excluding hydrogens is 416 g/mol. The molecule has 33 heavy (non-hydrogen) atoms. The normalized spacial score (nSPS) is 13.5. The number of hydrogen-bond donors (Lipinski definition) is 8. The van der Waals surface area contributed by atoms with Crippen LogP contribution in [0.1, 0.15) is 71.6 Å². The van der Waals surface area contributed by atoms with Crippen molar-refractivity contribution in [3.05, 3.63) is 0 Å². The van der Waals surface area contributed by atoms with Crippen molar-refractivity contribution in [1.82, 2.24) is 31.9 Å². The van der Waals surface area contributed by atoms with Gasteiger partial charge in [0.2, 0.25) is 0 Å². The van der Waals surface area contributed by atoms with Gasteiger partial charge < -0.3 is 42.1 Å². The van der Waals surface area contributed by atoms with Gasteiger partial charge in [-0.1, -0.05) is 58.3 Å². The first-order chi connectivity index (χ1) is 16.2. The quantitative estimate of drug-likeness (QED) is 0.0786. The Labute approximate surface area is 204 Å². The zero-order valence-corrected chi connectivity index (χ0v) is 21.9. The van der Waals surface area contributed by atoms with E-state index in [1.807, 2.05) is 0 Å². The summed E-state index contributed by atoms with van der Waals surface area (Å²) in [6.45, 7) is 14.8. The number of unbranched alkanes of at least 4 members (excludes halogenated alkanes) is 7. The predicted molar refractivity (Wildman–Crippen MR) is 142 cm³/mol. The van der Waals surface area contributed by atoms with Crippen LogP contribution in [0.4, 0.5) is 0 Å². The van der Waals surface area contributed by atoms with E-state index in [1.165, 1.54) is 44.9 Å². The third kappa shape index (κ3) is 29.6. The Hall–Kier alpha value is -0.320. The molecule has 8 N–H and O–H groups in total. The summed E-state index contributed by atoms with van der Waals surface area (Å²) in [5.41, 5.74) is 0. The maximum atomic E-state index is 10.1. The van der Waals surface area contributed by atoms with Crippen LogP contribution in [0.25, 0.3) is 0 Å². The molecule has 0 amide bonds. The summed E-state index contributed by atoms with van der Waals surface area (Å²) in [5, 5.41) is 39.4. The molecule has 0 saturated carbocycles. The monoisotopic (exact) mass is 474 g/mol. The lowest BCUT2D eigenvalue weighted by atomic mass is 10.1. The Kier molecular flexibility index (Phi) is 27.7. The van der Waals surface area contributed by atoms with Gasteiger partial charge in [0, 0.05) is 78.5 Å². The first-order valence-electron chi connectivity index (χ1n) is 13.8. The van der Waals surface area contributed by atoms with E-state index in [0.29, 0.717) is 13.1 Å². The van der Waals surface area contributed by atoms with Crippen molar-refractivity contribution < 1.29 is 10.2 Å². The van der Waals surface area contributed by atoms with E-state index in [4.69, 9.17) is 5.11 Å². The molecule has 0 aromatic carbocycles. The highest BCUT2D eigenvalue weighted by Gasteiger charge is 2.03. The van der Waals surface area contributed by atoms with Gasteiger partial charge in [0.05, 0.1) is 12.2 Å². The summed E-state index contributed by atoms with van der Waals surface area (Å²) in [5.74, 6) is 0. The largest absolute Gasteiger partial charge is 0.392 e. The van der Waals surface area contributed by atoms with E-state index < -0.39 is 0 Å². The van der Waals surface area contributed by atoms with Crippen LogP contribution in [0, 0.1) is 0 Å². The van der Waals surface area contributed by atoms with Crippen LogP contribution < -0.4 is 31.9 Å². The molecule has 0 aromatic rings.